The van der Waals surface area contributed by atoms with Crippen LogP contribution in [0.4, 0.5) is 16.2 Å². The summed E-state index contributed by atoms with van der Waals surface area (Å²) >= 11 is 6.21. The van der Waals surface area contributed by atoms with Crippen LogP contribution < -0.4 is 4.90 Å². The van der Waals surface area contributed by atoms with Crippen LogP contribution in [0.3, 0.4) is 0 Å². The number of ether oxygens (including phenoxy) is 1. The highest BCUT2D eigenvalue weighted by Gasteiger charge is 2.39. The molecule has 4 rings (SSSR count). The van der Waals surface area contributed by atoms with Gasteiger partial charge in [-0.25, -0.2) is 4.79 Å². The van der Waals surface area contributed by atoms with Crippen molar-refractivity contribution >= 4 is 29.1 Å². The van der Waals surface area contributed by atoms with Gasteiger partial charge >= 0.3 is 6.09 Å². The van der Waals surface area contributed by atoms with Crippen LogP contribution in [0.5, 0.6) is 0 Å². The van der Waals surface area contributed by atoms with E-state index in [9.17, 15) is 4.79 Å². The van der Waals surface area contributed by atoms with E-state index in [1.165, 1.54) is 11.1 Å². The number of hydrogen-bond donors (Lipinski definition) is 0. The first-order valence-corrected chi connectivity index (χ1v) is 13.1. The Kier molecular flexibility index (Phi) is 7.94. The van der Waals surface area contributed by atoms with Crippen molar-refractivity contribution in [2.24, 2.45) is 5.92 Å². The Morgan fingerprint density at radius 1 is 0.972 bits per heavy atom. The molecule has 1 saturated heterocycles. The molecule has 5 heteroatoms. The molecule has 0 radical (unpaired) electrons. The highest BCUT2D eigenvalue weighted by atomic mass is 35.5. The summed E-state index contributed by atoms with van der Waals surface area (Å²) in [6, 6.07) is 27.2. The Labute approximate surface area is 220 Å². The summed E-state index contributed by atoms with van der Waals surface area (Å²) in [6.07, 6.45) is -0.243. The summed E-state index contributed by atoms with van der Waals surface area (Å²) in [5.41, 5.74) is 4.27. The van der Waals surface area contributed by atoms with Crippen molar-refractivity contribution in [1.82, 2.24) is 4.90 Å². The summed E-state index contributed by atoms with van der Waals surface area (Å²) in [5.74, 6) is 0.868. The van der Waals surface area contributed by atoms with Crippen molar-refractivity contribution in [2.75, 3.05) is 24.5 Å². The van der Waals surface area contributed by atoms with E-state index in [2.05, 4.69) is 79.4 Å². The Morgan fingerprint density at radius 2 is 1.64 bits per heavy atom. The van der Waals surface area contributed by atoms with Crippen LogP contribution in [-0.4, -0.2) is 36.2 Å². The van der Waals surface area contributed by atoms with E-state index < -0.39 is 5.60 Å². The van der Waals surface area contributed by atoms with E-state index in [4.69, 9.17) is 16.3 Å². The molecule has 0 N–H and O–H groups in total. The minimum absolute atomic E-state index is 0.203. The van der Waals surface area contributed by atoms with Crippen molar-refractivity contribution < 1.29 is 9.53 Å². The molecule has 3 aromatic carbocycles. The van der Waals surface area contributed by atoms with Gasteiger partial charge in [-0.15, -0.1) is 0 Å². The molecule has 3 aromatic rings. The zero-order chi connectivity index (χ0) is 25.9. The fourth-order valence-electron chi connectivity index (χ4n) is 4.88. The predicted octanol–water partition coefficient (Wildman–Crippen LogP) is 8.25. The van der Waals surface area contributed by atoms with Gasteiger partial charge in [0.15, 0.2) is 0 Å². The molecule has 2 atom stereocenters. The SMILES string of the molecule is CC(C)c1cccc(C2CN(C(=O)OC(C)(C)C)CC2CN(c2ccccc2)c2ccc(Cl)cc2)c1. The molecular weight excluding hydrogens is 468 g/mol. The Balaban J connectivity index is 1.69. The third kappa shape index (κ3) is 6.41. The number of carbonyl (C=O) groups is 1. The number of para-hydroxylation sites is 1. The van der Waals surface area contributed by atoms with Crippen LogP contribution >= 0.6 is 11.6 Å². The summed E-state index contributed by atoms with van der Waals surface area (Å²) in [4.78, 5) is 17.3. The number of likely N-dealkylation sites (tertiary alicyclic amines) is 1. The first kappa shape index (κ1) is 26.1. The maximum Gasteiger partial charge on any atom is 0.410 e. The number of nitrogens with zero attached hydrogens (tertiary/aromatic N) is 2. The summed E-state index contributed by atoms with van der Waals surface area (Å²) < 4.78 is 5.76. The average Bonchev–Trinajstić information content (AvgIpc) is 3.27. The number of benzene rings is 3. The van der Waals surface area contributed by atoms with Crippen molar-refractivity contribution in [3.8, 4) is 0 Å². The van der Waals surface area contributed by atoms with E-state index >= 15 is 0 Å². The second-order valence-electron chi connectivity index (χ2n) is 11.0. The normalized spacial score (nSPS) is 17.9. The molecule has 0 aliphatic carbocycles. The molecule has 1 heterocycles. The number of anilines is 2. The van der Waals surface area contributed by atoms with Gasteiger partial charge in [-0.05, 0) is 74.2 Å². The van der Waals surface area contributed by atoms with Gasteiger partial charge in [0.1, 0.15) is 5.60 Å². The Hall–Kier alpha value is -2.98. The van der Waals surface area contributed by atoms with Gasteiger partial charge in [0.2, 0.25) is 0 Å². The molecule has 4 nitrogen and oxygen atoms in total. The van der Waals surface area contributed by atoms with Gasteiger partial charge in [0, 0.05) is 47.9 Å². The first-order valence-electron chi connectivity index (χ1n) is 12.8. The molecule has 0 spiro atoms. The van der Waals surface area contributed by atoms with Gasteiger partial charge in [0.05, 0.1) is 0 Å². The number of hydrogen-bond acceptors (Lipinski definition) is 3. The van der Waals surface area contributed by atoms with Crippen LogP contribution in [0.2, 0.25) is 5.02 Å². The highest BCUT2D eigenvalue weighted by Crippen LogP contribution is 2.38. The van der Waals surface area contributed by atoms with Gasteiger partial charge in [-0.1, -0.05) is 67.9 Å². The molecule has 0 bridgehead atoms. The molecule has 1 fully saturated rings. The van der Waals surface area contributed by atoms with Crippen molar-refractivity contribution in [2.45, 2.75) is 52.1 Å². The lowest BCUT2D eigenvalue weighted by atomic mass is 9.86. The van der Waals surface area contributed by atoms with Crippen LogP contribution in [0.25, 0.3) is 0 Å². The lowest BCUT2D eigenvalue weighted by Gasteiger charge is -2.30. The fourth-order valence-corrected chi connectivity index (χ4v) is 5.01. The van der Waals surface area contributed by atoms with Crippen molar-refractivity contribution in [3.63, 3.8) is 0 Å². The lowest BCUT2D eigenvalue weighted by molar-refractivity contribution is 0.0287. The molecule has 1 aliphatic rings. The second kappa shape index (κ2) is 11.0. The number of amides is 1. The van der Waals surface area contributed by atoms with Crippen LogP contribution in [0.1, 0.15) is 57.6 Å². The molecule has 0 saturated carbocycles. The Morgan fingerprint density at radius 3 is 2.28 bits per heavy atom. The standard InChI is InChI=1S/C31H37ClN2O2/c1-22(2)23-10-9-11-24(18-23)29-21-33(30(35)36-31(3,4)5)19-25(29)20-34(27-12-7-6-8-13-27)28-16-14-26(32)15-17-28/h6-18,22,25,29H,19-21H2,1-5H3. The fraction of sp³-hybridized carbons (Fsp3) is 0.387. The molecule has 1 amide bonds. The maximum absolute atomic E-state index is 13.1. The van der Waals surface area contributed by atoms with Crippen LogP contribution in [0.15, 0.2) is 78.9 Å². The quantitative estimate of drug-likeness (QED) is 0.338. The van der Waals surface area contributed by atoms with Crippen molar-refractivity contribution in [1.29, 1.82) is 0 Å². The maximum atomic E-state index is 13.1. The zero-order valence-corrected chi connectivity index (χ0v) is 22.7. The summed E-state index contributed by atoms with van der Waals surface area (Å²) in [6.45, 7) is 12.2. The van der Waals surface area contributed by atoms with Gasteiger partial charge in [0.25, 0.3) is 0 Å². The minimum Gasteiger partial charge on any atom is -0.444 e. The van der Waals surface area contributed by atoms with Crippen molar-refractivity contribution in [3.05, 3.63) is 95.0 Å². The molecule has 190 valence electrons. The van der Waals surface area contributed by atoms with E-state index in [1.54, 1.807) is 0 Å². The van der Waals surface area contributed by atoms with E-state index in [1.807, 2.05) is 43.9 Å². The van der Waals surface area contributed by atoms with Gasteiger partial charge in [-0.2, -0.15) is 0 Å². The third-order valence-corrected chi connectivity index (χ3v) is 6.97. The van der Waals surface area contributed by atoms with Crippen LogP contribution in [0, 0.1) is 5.92 Å². The monoisotopic (exact) mass is 504 g/mol. The zero-order valence-electron chi connectivity index (χ0n) is 21.9. The molecule has 1 aliphatic heterocycles. The lowest BCUT2D eigenvalue weighted by Crippen LogP contribution is -2.36. The Bertz CT molecular complexity index is 1160. The van der Waals surface area contributed by atoms with Gasteiger partial charge < -0.3 is 14.5 Å². The molecular formula is C31H37ClN2O2. The predicted molar refractivity (Wildman–Crippen MR) is 149 cm³/mol. The van der Waals surface area contributed by atoms with Gasteiger partial charge in [-0.3, -0.25) is 0 Å². The second-order valence-corrected chi connectivity index (χ2v) is 11.4. The minimum atomic E-state index is -0.526. The smallest absolute Gasteiger partial charge is 0.410 e. The average molecular weight is 505 g/mol. The number of rotatable bonds is 6. The first-order chi connectivity index (χ1) is 17.1. The highest BCUT2D eigenvalue weighted by molar-refractivity contribution is 6.30. The topological polar surface area (TPSA) is 32.8 Å². The van der Waals surface area contributed by atoms with E-state index in [-0.39, 0.29) is 17.9 Å². The van der Waals surface area contributed by atoms with E-state index in [0.717, 1.165) is 17.9 Å². The summed E-state index contributed by atoms with van der Waals surface area (Å²) in [7, 11) is 0. The number of carbonyl (C=O) groups excluding carboxylic acids is 1. The largest absolute Gasteiger partial charge is 0.444 e. The molecule has 36 heavy (non-hydrogen) atoms. The van der Waals surface area contributed by atoms with E-state index in [0.29, 0.717) is 24.0 Å². The third-order valence-electron chi connectivity index (χ3n) is 6.72. The number of halogens is 1. The summed E-state index contributed by atoms with van der Waals surface area (Å²) in [5, 5.41) is 0.715. The van der Waals surface area contributed by atoms with Crippen LogP contribution in [-0.2, 0) is 4.74 Å². The molecule has 0 aromatic heterocycles. The molecule has 2 unspecified atom stereocenters.